The van der Waals surface area contributed by atoms with E-state index in [1.165, 1.54) is 0 Å². The highest BCUT2D eigenvalue weighted by atomic mass is 16.5. The summed E-state index contributed by atoms with van der Waals surface area (Å²) in [6.45, 7) is 9.38. The van der Waals surface area contributed by atoms with E-state index in [0.717, 1.165) is 6.54 Å². The number of ether oxygens (including phenoxy) is 1. The van der Waals surface area contributed by atoms with Gasteiger partial charge in [0.05, 0.1) is 12.6 Å². The van der Waals surface area contributed by atoms with E-state index in [9.17, 15) is 0 Å². The Balaban J connectivity index is 2.50. The molecule has 1 saturated carbocycles. The molecule has 1 N–H and O–H groups in total. The molecule has 0 aliphatic heterocycles. The summed E-state index contributed by atoms with van der Waals surface area (Å²) in [4.78, 5) is 0. The minimum atomic E-state index is 0.226. The van der Waals surface area contributed by atoms with E-state index in [4.69, 9.17) is 4.74 Å². The monoisotopic (exact) mass is 195 g/mol. The number of methoxy groups -OCH3 is 1. The molecule has 0 aromatic carbocycles. The van der Waals surface area contributed by atoms with Crippen molar-refractivity contribution in [3.05, 3.63) is 0 Å². The molecule has 0 heterocycles. The summed E-state index contributed by atoms with van der Waals surface area (Å²) in [7, 11) is 1.80. The average Bonchev–Trinajstić information content (AvgIpc) is 2.12. The summed E-state index contributed by atoms with van der Waals surface area (Å²) in [5, 5.41) is 3.47. The number of rotatable bonds is 3. The zero-order chi connectivity index (χ0) is 10.8. The quantitative estimate of drug-likeness (QED) is 0.692. The van der Waals surface area contributed by atoms with Crippen molar-refractivity contribution < 1.29 is 4.74 Å². The molecule has 1 aliphatic rings. The molecule has 2 nitrogen and oxygen atoms in total. The second-order valence-electron chi connectivity index (χ2n) is 4.62. The summed E-state index contributed by atoms with van der Waals surface area (Å²) in [5.41, 5.74) is 0.226. The predicted molar refractivity (Wildman–Crippen MR) is 59.0 cm³/mol. The maximum Gasteiger partial charge on any atom is 0.0677 e. The van der Waals surface area contributed by atoms with Gasteiger partial charge < -0.3 is 10.1 Å². The van der Waals surface area contributed by atoms with Gasteiger partial charge in [-0.25, -0.2) is 0 Å². The molecule has 0 spiro atoms. The molecule has 3 atom stereocenters. The van der Waals surface area contributed by atoms with Crippen molar-refractivity contribution in [1.82, 2.24) is 5.32 Å². The van der Waals surface area contributed by atoms with E-state index in [2.05, 4.69) is 37.9 Å². The van der Waals surface area contributed by atoms with Crippen LogP contribution in [0.25, 0.3) is 0 Å². The van der Waals surface area contributed by atoms with Crippen molar-refractivity contribution in [1.29, 1.82) is 0 Å². The molecule has 2 heteroatoms. The molecular weight excluding hydrogens is 174 g/mol. The molecule has 80 valence electrons. The summed E-state index contributed by atoms with van der Waals surface area (Å²) in [6.07, 6.45) is 0.370. The summed E-state index contributed by atoms with van der Waals surface area (Å²) < 4.78 is 5.47. The van der Waals surface area contributed by atoms with Crippen molar-refractivity contribution in [3.8, 4) is 11.8 Å². The van der Waals surface area contributed by atoms with Gasteiger partial charge in [0.1, 0.15) is 0 Å². The molecule has 3 unspecified atom stereocenters. The van der Waals surface area contributed by atoms with Crippen LogP contribution in [0.3, 0.4) is 0 Å². The summed E-state index contributed by atoms with van der Waals surface area (Å²) in [6, 6.07) is 0.522. The fourth-order valence-corrected chi connectivity index (χ4v) is 2.81. The van der Waals surface area contributed by atoms with Crippen molar-refractivity contribution in [2.45, 2.75) is 39.8 Å². The van der Waals surface area contributed by atoms with Crippen LogP contribution in [0, 0.1) is 23.2 Å². The molecule has 0 amide bonds. The molecule has 1 fully saturated rings. The molecule has 0 aromatic heterocycles. The van der Waals surface area contributed by atoms with Gasteiger partial charge in [0.25, 0.3) is 0 Å². The summed E-state index contributed by atoms with van der Waals surface area (Å²) in [5.74, 6) is 6.51. The van der Waals surface area contributed by atoms with Crippen molar-refractivity contribution in [3.63, 3.8) is 0 Å². The van der Waals surface area contributed by atoms with Crippen molar-refractivity contribution >= 4 is 0 Å². The van der Waals surface area contributed by atoms with Gasteiger partial charge in [-0.2, -0.15) is 0 Å². The Morgan fingerprint density at radius 3 is 2.50 bits per heavy atom. The van der Waals surface area contributed by atoms with Crippen molar-refractivity contribution in [2.75, 3.05) is 13.7 Å². The number of hydrogen-bond donors (Lipinski definition) is 1. The van der Waals surface area contributed by atoms with E-state index in [0.29, 0.717) is 18.1 Å². The minimum absolute atomic E-state index is 0.226. The third-order valence-electron chi connectivity index (χ3n) is 3.38. The second kappa shape index (κ2) is 4.33. The van der Waals surface area contributed by atoms with E-state index in [1.807, 2.05) is 6.92 Å². The topological polar surface area (TPSA) is 21.3 Å². The van der Waals surface area contributed by atoms with Crippen LogP contribution in [0.2, 0.25) is 0 Å². The number of nitrogens with one attached hydrogen (secondary N) is 1. The molecule has 1 aliphatic carbocycles. The third-order valence-corrected chi connectivity index (χ3v) is 3.38. The lowest BCUT2D eigenvalue weighted by atomic mass is 9.58. The molecule has 0 aromatic rings. The highest BCUT2D eigenvalue weighted by molar-refractivity contribution is 5.09. The Hall–Kier alpha value is -0.520. The highest BCUT2D eigenvalue weighted by Gasteiger charge is 2.54. The fraction of sp³-hybridized carbons (Fsp3) is 0.833. The lowest BCUT2D eigenvalue weighted by Gasteiger charge is -2.56. The van der Waals surface area contributed by atoms with Crippen LogP contribution in [0.5, 0.6) is 0 Å². The Labute approximate surface area is 87.4 Å². The smallest absolute Gasteiger partial charge is 0.0677 e. The Bertz CT molecular complexity index is 249. The number of hydrogen-bond acceptors (Lipinski definition) is 2. The van der Waals surface area contributed by atoms with Gasteiger partial charge in [-0.05, 0) is 12.8 Å². The van der Waals surface area contributed by atoms with Crippen molar-refractivity contribution in [2.24, 2.45) is 11.3 Å². The van der Waals surface area contributed by atoms with Gasteiger partial charge in [0.15, 0.2) is 0 Å². The Morgan fingerprint density at radius 2 is 2.07 bits per heavy atom. The maximum atomic E-state index is 5.47. The Morgan fingerprint density at radius 1 is 1.43 bits per heavy atom. The first-order chi connectivity index (χ1) is 6.55. The third kappa shape index (κ3) is 1.80. The van der Waals surface area contributed by atoms with Crippen LogP contribution in [-0.4, -0.2) is 25.8 Å². The molecule has 0 radical (unpaired) electrons. The van der Waals surface area contributed by atoms with Crippen LogP contribution in [-0.2, 0) is 4.74 Å². The molecule has 1 rings (SSSR count). The largest absolute Gasteiger partial charge is 0.380 e. The van der Waals surface area contributed by atoms with Gasteiger partial charge in [-0.15, -0.1) is 5.92 Å². The molecule has 0 saturated heterocycles. The lowest BCUT2D eigenvalue weighted by Crippen LogP contribution is -2.67. The highest BCUT2D eigenvalue weighted by Crippen LogP contribution is 2.46. The van der Waals surface area contributed by atoms with Crippen LogP contribution in [0.1, 0.15) is 27.7 Å². The van der Waals surface area contributed by atoms with Crippen LogP contribution in [0.4, 0.5) is 0 Å². The van der Waals surface area contributed by atoms with E-state index >= 15 is 0 Å². The SMILES string of the molecule is CC#CCNC1C(C)C(OC)C1(C)C. The fourth-order valence-electron chi connectivity index (χ4n) is 2.81. The molecular formula is C12H21NO. The lowest BCUT2D eigenvalue weighted by molar-refractivity contribution is -0.143. The maximum absolute atomic E-state index is 5.47. The van der Waals surface area contributed by atoms with Gasteiger partial charge in [0, 0.05) is 18.6 Å². The first kappa shape index (κ1) is 11.6. The van der Waals surface area contributed by atoms with Gasteiger partial charge in [-0.1, -0.05) is 26.7 Å². The second-order valence-corrected chi connectivity index (χ2v) is 4.62. The van der Waals surface area contributed by atoms with E-state index < -0.39 is 0 Å². The molecule has 14 heavy (non-hydrogen) atoms. The average molecular weight is 195 g/mol. The zero-order valence-electron chi connectivity index (χ0n) is 9.85. The zero-order valence-corrected chi connectivity index (χ0v) is 9.85. The van der Waals surface area contributed by atoms with Crippen LogP contribution >= 0.6 is 0 Å². The minimum Gasteiger partial charge on any atom is -0.380 e. The predicted octanol–water partition coefficient (Wildman–Crippen LogP) is 1.66. The van der Waals surface area contributed by atoms with Gasteiger partial charge >= 0.3 is 0 Å². The first-order valence-electron chi connectivity index (χ1n) is 5.21. The van der Waals surface area contributed by atoms with Gasteiger partial charge in [0.2, 0.25) is 0 Å². The normalized spacial score (nSPS) is 34.2. The summed E-state index contributed by atoms with van der Waals surface area (Å²) >= 11 is 0. The first-order valence-corrected chi connectivity index (χ1v) is 5.21. The standard InChI is InChI=1S/C12H21NO/c1-6-7-8-13-10-9(2)11(14-5)12(10,3)4/h9-11,13H,8H2,1-5H3. The van der Waals surface area contributed by atoms with E-state index in [1.54, 1.807) is 7.11 Å². The van der Waals surface area contributed by atoms with Gasteiger partial charge in [-0.3, -0.25) is 0 Å². The Kier molecular flexibility index (Phi) is 3.58. The van der Waals surface area contributed by atoms with Crippen LogP contribution < -0.4 is 5.32 Å². The van der Waals surface area contributed by atoms with E-state index in [-0.39, 0.29) is 5.41 Å². The van der Waals surface area contributed by atoms with Crippen LogP contribution in [0.15, 0.2) is 0 Å². The molecule has 0 bridgehead atoms.